The van der Waals surface area contributed by atoms with Gasteiger partial charge in [0.2, 0.25) is 5.91 Å². The lowest BCUT2D eigenvalue weighted by atomic mass is 10.2. The quantitative estimate of drug-likeness (QED) is 0.593. The third kappa shape index (κ3) is 4.50. The molecular formula is C15H13Cl2N3O4. The molecule has 0 saturated heterocycles. The van der Waals surface area contributed by atoms with Crippen LogP contribution in [0.3, 0.4) is 0 Å². The summed E-state index contributed by atoms with van der Waals surface area (Å²) in [5.41, 5.74) is 0.594. The van der Waals surface area contributed by atoms with Gasteiger partial charge >= 0.3 is 0 Å². The molecule has 2 aromatic carbocycles. The molecule has 0 fully saturated rings. The van der Waals surface area contributed by atoms with E-state index in [4.69, 9.17) is 27.9 Å². The van der Waals surface area contributed by atoms with Crippen LogP contribution in [0, 0.1) is 10.1 Å². The first-order chi connectivity index (χ1) is 11.4. The van der Waals surface area contributed by atoms with E-state index < -0.39 is 4.92 Å². The molecule has 1 amide bonds. The van der Waals surface area contributed by atoms with Crippen LogP contribution in [0.2, 0.25) is 10.0 Å². The van der Waals surface area contributed by atoms with Gasteiger partial charge in [-0.05, 0) is 30.3 Å². The van der Waals surface area contributed by atoms with Gasteiger partial charge < -0.3 is 15.4 Å². The van der Waals surface area contributed by atoms with Crippen molar-refractivity contribution in [2.24, 2.45) is 0 Å². The second-order valence-corrected chi connectivity index (χ2v) is 5.51. The number of carbonyl (C=O) groups is 1. The Kier molecular flexibility index (Phi) is 5.83. The zero-order chi connectivity index (χ0) is 17.7. The maximum atomic E-state index is 12.0. The number of ether oxygens (including phenoxy) is 1. The van der Waals surface area contributed by atoms with Crippen LogP contribution < -0.4 is 15.4 Å². The fraction of sp³-hybridized carbons (Fsp3) is 0.133. The summed E-state index contributed by atoms with van der Waals surface area (Å²) < 4.78 is 5.14. The highest BCUT2D eigenvalue weighted by molar-refractivity contribution is 6.32. The molecule has 7 nitrogen and oxygen atoms in total. The molecule has 0 atom stereocenters. The summed E-state index contributed by atoms with van der Waals surface area (Å²) >= 11 is 11.6. The van der Waals surface area contributed by atoms with Gasteiger partial charge in [0.1, 0.15) is 10.8 Å². The maximum absolute atomic E-state index is 12.0. The summed E-state index contributed by atoms with van der Waals surface area (Å²) in [5.74, 6) is 0.100. The maximum Gasteiger partial charge on any atom is 0.289 e. The van der Waals surface area contributed by atoms with Crippen LogP contribution in [-0.4, -0.2) is 24.5 Å². The summed E-state index contributed by atoms with van der Waals surface area (Å²) in [4.78, 5) is 22.3. The van der Waals surface area contributed by atoms with Crippen molar-refractivity contribution in [3.8, 4) is 5.75 Å². The third-order valence-corrected chi connectivity index (χ3v) is 3.59. The molecule has 2 N–H and O–H groups in total. The number of hydrogen-bond acceptors (Lipinski definition) is 5. The fourth-order valence-corrected chi connectivity index (χ4v) is 2.28. The summed E-state index contributed by atoms with van der Waals surface area (Å²) in [5, 5.41) is 16.8. The first kappa shape index (κ1) is 17.8. The van der Waals surface area contributed by atoms with E-state index >= 15 is 0 Å². The summed E-state index contributed by atoms with van der Waals surface area (Å²) in [6, 6.07) is 9.03. The lowest BCUT2D eigenvalue weighted by Gasteiger charge is -2.11. The Morgan fingerprint density at radius 2 is 2.00 bits per heavy atom. The predicted octanol–water partition coefficient (Wildman–Crippen LogP) is 3.96. The molecular weight excluding hydrogens is 357 g/mol. The zero-order valence-electron chi connectivity index (χ0n) is 12.5. The number of rotatable bonds is 6. The highest BCUT2D eigenvalue weighted by Crippen LogP contribution is 2.28. The first-order valence-electron chi connectivity index (χ1n) is 6.72. The largest absolute Gasteiger partial charge is 0.495 e. The van der Waals surface area contributed by atoms with E-state index in [1.54, 1.807) is 24.3 Å². The normalized spacial score (nSPS) is 10.1. The number of hydrogen-bond donors (Lipinski definition) is 2. The highest BCUT2D eigenvalue weighted by Gasteiger charge is 2.13. The second kappa shape index (κ2) is 7.85. The van der Waals surface area contributed by atoms with Crippen LogP contribution in [-0.2, 0) is 4.79 Å². The lowest BCUT2D eigenvalue weighted by Crippen LogP contribution is -2.22. The van der Waals surface area contributed by atoms with Gasteiger partial charge in [-0.3, -0.25) is 14.9 Å². The zero-order valence-corrected chi connectivity index (χ0v) is 14.0. The van der Waals surface area contributed by atoms with E-state index in [0.29, 0.717) is 22.1 Å². The average molecular weight is 370 g/mol. The van der Waals surface area contributed by atoms with Crippen molar-refractivity contribution in [1.82, 2.24) is 0 Å². The van der Waals surface area contributed by atoms with Crippen molar-refractivity contribution in [1.29, 1.82) is 0 Å². The smallest absolute Gasteiger partial charge is 0.289 e. The van der Waals surface area contributed by atoms with E-state index in [1.807, 2.05) is 0 Å². The Hall–Kier alpha value is -2.51. The molecule has 0 heterocycles. The van der Waals surface area contributed by atoms with Gasteiger partial charge in [-0.15, -0.1) is 0 Å². The highest BCUT2D eigenvalue weighted by atomic mass is 35.5. The number of nitro benzene ring substituents is 1. The van der Waals surface area contributed by atoms with Crippen LogP contribution in [0.5, 0.6) is 5.75 Å². The summed E-state index contributed by atoms with van der Waals surface area (Å²) in [6.07, 6.45) is 0. The van der Waals surface area contributed by atoms with Gasteiger partial charge in [-0.25, -0.2) is 0 Å². The Morgan fingerprint density at radius 3 is 2.67 bits per heavy atom. The van der Waals surface area contributed by atoms with Gasteiger partial charge in [-0.2, -0.15) is 0 Å². The molecule has 0 radical (unpaired) electrons. The van der Waals surface area contributed by atoms with Crippen LogP contribution >= 0.6 is 23.2 Å². The van der Waals surface area contributed by atoms with Crippen molar-refractivity contribution in [3.63, 3.8) is 0 Å². The van der Waals surface area contributed by atoms with Gasteiger partial charge in [0, 0.05) is 16.8 Å². The molecule has 2 aromatic rings. The van der Waals surface area contributed by atoms with Crippen LogP contribution in [0.15, 0.2) is 36.4 Å². The minimum atomic E-state index is -0.593. The molecule has 0 saturated carbocycles. The Labute approximate surface area is 147 Å². The molecule has 0 aliphatic rings. The summed E-state index contributed by atoms with van der Waals surface area (Å²) in [7, 11) is 1.48. The van der Waals surface area contributed by atoms with E-state index in [2.05, 4.69) is 10.6 Å². The molecule has 0 aromatic heterocycles. The molecule has 0 spiro atoms. The van der Waals surface area contributed by atoms with Gasteiger partial charge in [0.05, 0.1) is 24.3 Å². The Morgan fingerprint density at radius 1 is 1.25 bits per heavy atom. The van der Waals surface area contributed by atoms with Crippen molar-refractivity contribution >= 4 is 46.2 Å². The van der Waals surface area contributed by atoms with Gasteiger partial charge in [0.15, 0.2) is 0 Å². The molecule has 0 aliphatic heterocycles. The van der Waals surface area contributed by atoms with Crippen molar-refractivity contribution in [2.75, 3.05) is 24.3 Å². The Bertz CT molecular complexity index is 783. The molecule has 9 heteroatoms. The molecule has 0 unspecified atom stereocenters. The number of halogens is 2. The SMILES string of the molecule is COc1ccc(Cl)cc1NC(=O)CNc1ccc(Cl)c([N+](=O)[O-])c1. The van der Waals surface area contributed by atoms with E-state index in [0.717, 1.165) is 0 Å². The van der Waals surface area contributed by atoms with Gasteiger partial charge in [-0.1, -0.05) is 23.2 Å². The number of anilines is 2. The van der Waals surface area contributed by atoms with E-state index in [-0.39, 0.29) is 23.2 Å². The topological polar surface area (TPSA) is 93.5 Å². The minimum absolute atomic E-state index is 0.0265. The number of benzene rings is 2. The number of nitrogens with one attached hydrogen (secondary N) is 2. The number of methoxy groups -OCH3 is 1. The predicted molar refractivity (Wildman–Crippen MR) is 93.2 cm³/mol. The standard InChI is InChI=1S/C15H13Cl2N3O4/c1-24-14-5-2-9(16)6-12(14)19-15(21)8-18-10-3-4-11(17)13(7-10)20(22)23/h2-7,18H,8H2,1H3,(H,19,21). The number of amides is 1. The lowest BCUT2D eigenvalue weighted by molar-refractivity contribution is -0.384. The van der Waals surface area contributed by atoms with Crippen LogP contribution in [0.4, 0.5) is 17.1 Å². The molecule has 0 bridgehead atoms. The van der Waals surface area contributed by atoms with Gasteiger partial charge in [0.25, 0.3) is 5.69 Å². The third-order valence-electron chi connectivity index (χ3n) is 3.03. The minimum Gasteiger partial charge on any atom is -0.495 e. The van der Waals surface area contributed by atoms with Crippen molar-refractivity contribution < 1.29 is 14.5 Å². The second-order valence-electron chi connectivity index (χ2n) is 4.67. The molecule has 126 valence electrons. The number of nitrogens with zero attached hydrogens (tertiary/aromatic N) is 1. The van der Waals surface area contributed by atoms with Crippen LogP contribution in [0.25, 0.3) is 0 Å². The monoisotopic (exact) mass is 369 g/mol. The fourth-order valence-electron chi connectivity index (χ4n) is 1.92. The summed E-state index contributed by atoms with van der Waals surface area (Å²) in [6.45, 7) is -0.103. The van der Waals surface area contributed by atoms with Crippen molar-refractivity contribution in [3.05, 3.63) is 56.6 Å². The molecule has 2 rings (SSSR count). The van der Waals surface area contributed by atoms with E-state index in [9.17, 15) is 14.9 Å². The Balaban J connectivity index is 2.03. The van der Waals surface area contributed by atoms with Crippen LogP contribution in [0.1, 0.15) is 0 Å². The first-order valence-corrected chi connectivity index (χ1v) is 7.47. The number of carbonyl (C=O) groups excluding carboxylic acids is 1. The molecule has 24 heavy (non-hydrogen) atoms. The van der Waals surface area contributed by atoms with Crippen molar-refractivity contribution in [2.45, 2.75) is 0 Å². The average Bonchev–Trinajstić information content (AvgIpc) is 2.54. The number of nitro groups is 1. The molecule has 0 aliphatic carbocycles. The van der Waals surface area contributed by atoms with E-state index in [1.165, 1.54) is 19.2 Å².